The highest BCUT2D eigenvalue weighted by molar-refractivity contribution is 5.35. The zero-order chi connectivity index (χ0) is 22.6. The van der Waals surface area contributed by atoms with Gasteiger partial charge in [0.25, 0.3) is 0 Å². The second-order valence-corrected chi connectivity index (χ2v) is 13.5. The van der Waals surface area contributed by atoms with Gasteiger partial charge < -0.3 is 5.11 Å². The number of hydrogen-bond acceptors (Lipinski definition) is 1. The highest BCUT2D eigenvalue weighted by atomic mass is 16.3. The zero-order valence-corrected chi connectivity index (χ0v) is 21.9. The van der Waals surface area contributed by atoms with Gasteiger partial charge in [0.1, 0.15) is 0 Å². The molecule has 4 aliphatic carbocycles. The Morgan fingerprint density at radius 2 is 1.68 bits per heavy atom. The van der Waals surface area contributed by atoms with Crippen molar-refractivity contribution in [3.05, 3.63) is 11.1 Å². The molecular weight excluding hydrogens is 376 g/mol. The van der Waals surface area contributed by atoms with Crippen molar-refractivity contribution >= 4 is 0 Å². The van der Waals surface area contributed by atoms with E-state index in [1.165, 1.54) is 64.2 Å². The second-order valence-electron chi connectivity index (χ2n) is 13.5. The topological polar surface area (TPSA) is 20.2 Å². The Labute approximate surface area is 193 Å². The highest BCUT2D eigenvalue weighted by Crippen LogP contribution is 2.68. The first-order valence-corrected chi connectivity index (χ1v) is 14.0. The number of hydrogen-bond donors (Lipinski definition) is 1. The third kappa shape index (κ3) is 3.68. The van der Waals surface area contributed by atoms with Gasteiger partial charge in [-0.3, -0.25) is 0 Å². The van der Waals surface area contributed by atoms with Crippen LogP contribution in [-0.2, 0) is 0 Å². The van der Waals surface area contributed by atoms with Crippen molar-refractivity contribution in [2.75, 3.05) is 0 Å². The fourth-order valence-electron chi connectivity index (χ4n) is 9.63. The maximum atomic E-state index is 11.0. The molecule has 1 unspecified atom stereocenters. The van der Waals surface area contributed by atoms with Gasteiger partial charge in [0, 0.05) is 0 Å². The normalized spacial score (nSPS) is 46.0. The SMILES string of the molecule is CC[C@]1(C)C2CCC3=C4CC[C@H]([C@H](C)CCCC(C)C)[C@@]4(C)CC[C@@H]3[C@@]2(C)CC[C@@H]1O. The molecule has 0 aromatic heterocycles. The van der Waals surface area contributed by atoms with Gasteiger partial charge in [-0.1, -0.05) is 78.9 Å². The molecule has 0 aliphatic heterocycles. The molecule has 31 heavy (non-hydrogen) atoms. The summed E-state index contributed by atoms with van der Waals surface area (Å²) in [6.45, 7) is 17.3. The van der Waals surface area contributed by atoms with Crippen molar-refractivity contribution in [1.29, 1.82) is 0 Å². The average Bonchev–Trinajstić information content (AvgIpc) is 3.08. The number of allylic oxidation sites excluding steroid dienone is 2. The van der Waals surface area contributed by atoms with E-state index in [1.807, 2.05) is 11.1 Å². The summed E-state index contributed by atoms with van der Waals surface area (Å²) in [7, 11) is 0. The van der Waals surface area contributed by atoms with E-state index < -0.39 is 0 Å². The van der Waals surface area contributed by atoms with Crippen LogP contribution in [0.25, 0.3) is 0 Å². The Balaban J connectivity index is 1.58. The van der Waals surface area contributed by atoms with Crippen LogP contribution >= 0.6 is 0 Å². The van der Waals surface area contributed by atoms with Crippen LogP contribution in [0, 0.1) is 45.8 Å². The van der Waals surface area contributed by atoms with Crippen LogP contribution in [-0.4, -0.2) is 11.2 Å². The van der Waals surface area contributed by atoms with E-state index in [2.05, 4.69) is 48.5 Å². The summed E-state index contributed by atoms with van der Waals surface area (Å²) in [5.74, 6) is 4.11. The molecule has 0 heterocycles. The van der Waals surface area contributed by atoms with Crippen LogP contribution < -0.4 is 0 Å². The Kier molecular flexibility index (Phi) is 6.53. The molecule has 1 nitrogen and oxygen atoms in total. The van der Waals surface area contributed by atoms with E-state index in [0.29, 0.717) is 16.7 Å². The van der Waals surface area contributed by atoms with Crippen molar-refractivity contribution < 1.29 is 5.11 Å². The predicted octanol–water partition coefficient (Wildman–Crippen LogP) is 8.56. The van der Waals surface area contributed by atoms with Crippen LogP contribution in [0.2, 0.25) is 0 Å². The summed E-state index contributed by atoms with van der Waals surface area (Å²) >= 11 is 0. The van der Waals surface area contributed by atoms with Gasteiger partial charge in [-0.25, -0.2) is 0 Å². The largest absolute Gasteiger partial charge is 0.393 e. The van der Waals surface area contributed by atoms with E-state index in [9.17, 15) is 5.11 Å². The van der Waals surface area contributed by atoms with Gasteiger partial charge in [-0.15, -0.1) is 0 Å². The smallest absolute Gasteiger partial charge is 0.0596 e. The van der Waals surface area contributed by atoms with Crippen molar-refractivity contribution in [3.8, 4) is 0 Å². The minimum absolute atomic E-state index is 0.0961. The molecule has 1 N–H and O–H groups in total. The standard InChI is InChI=1S/C30H52O/c1-8-28(5)26-15-12-22-24-14-13-23(21(4)11-9-10-20(2)3)29(24,6)18-16-25(22)30(26,7)19-17-27(28)31/h20-21,23,25-27,31H,8-19H2,1-7H3/t21-,23-,25+,26?,27+,28-,29-,30-/m1/s1. The molecular formula is C30H52O. The molecule has 3 fully saturated rings. The lowest BCUT2D eigenvalue weighted by Gasteiger charge is -2.62. The number of fused-ring (bicyclic) bond motifs is 4. The summed E-state index contributed by atoms with van der Waals surface area (Å²) in [4.78, 5) is 0. The fourth-order valence-corrected chi connectivity index (χ4v) is 9.63. The average molecular weight is 429 g/mol. The third-order valence-electron chi connectivity index (χ3n) is 11.7. The molecule has 8 atom stereocenters. The van der Waals surface area contributed by atoms with Crippen molar-refractivity contribution in [2.24, 2.45) is 45.8 Å². The molecule has 0 aromatic carbocycles. The summed E-state index contributed by atoms with van der Waals surface area (Å²) in [6, 6.07) is 0. The molecule has 4 aliphatic rings. The Morgan fingerprint density at radius 1 is 0.935 bits per heavy atom. The maximum Gasteiger partial charge on any atom is 0.0596 e. The zero-order valence-electron chi connectivity index (χ0n) is 21.9. The Morgan fingerprint density at radius 3 is 2.35 bits per heavy atom. The predicted molar refractivity (Wildman–Crippen MR) is 133 cm³/mol. The van der Waals surface area contributed by atoms with Crippen LogP contribution in [0.5, 0.6) is 0 Å². The van der Waals surface area contributed by atoms with E-state index in [-0.39, 0.29) is 11.5 Å². The molecule has 4 rings (SSSR count). The van der Waals surface area contributed by atoms with Crippen molar-refractivity contribution in [2.45, 2.75) is 132 Å². The van der Waals surface area contributed by atoms with Gasteiger partial charge in [-0.2, -0.15) is 0 Å². The molecule has 0 amide bonds. The van der Waals surface area contributed by atoms with E-state index in [0.717, 1.165) is 36.5 Å². The fraction of sp³-hybridized carbons (Fsp3) is 0.933. The summed E-state index contributed by atoms with van der Waals surface area (Å²) in [5.41, 5.74) is 4.85. The number of aliphatic hydroxyl groups excluding tert-OH is 1. The summed E-state index contributed by atoms with van der Waals surface area (Å²) in [6.07, 6.45) is 15.8. The van der Waals surface area contributed by atoms with Crippen LogP contribution in [0.3, 0.4) is 0 Å². The van der Waals surface area contributed by atoms with Gasteiger partial charge in [0.15, 0.2) is 0 Å². The summed E-state index contributed by atoms with van der Waals surface area (Å²) < 4.78 is 0. The monoisotopic (exact) mass is 428 g/mol. The molecule has 0 aromatic rings. The van der Waals surface area contributed by atoms with E-state index >= 15 is 0 Å². The minimum Gasteiger partial charge on any atom is -0.393 e. The van der Waals surface area contributed by atoms with Gasteiger partial charge in [-0.05, 0) is 104 Å². The summed E-state index contributed by atoms with van der Waals surface area (Å²) in [5, 5.41) is 11.0. The molecule has 1 heteroatoms. The minimum atomic E-state index is -0.0961. The quantitative estimate of drug-likeness (QED) is 0.420. The maximum absolute atomic E-state index is 11.0. The lowest BCUT2D eigenvalue weighted by Crippen LogP contribution is -2.56. The first-order chi connectivity index (χ1) is 14.6. The van der Waals surface area contributed by atoms with Crippen molar-refractivity contribution in [3.63, 3.8) is 0 Å². The van der Waals surface area contributed by atoms with Gasteiger partial charge >= 0.3 is 0 Å². The number of rotatable bonds is 6. The first kappa shape index (κ1) is 23.8. The lowest BCUT2D eigenvalue weighted by molar-refractivity contribution is -0.139. The highest BCUT2D eigenvalue weighted by Gasteiger charge is 2.60. The molecule has 178 valence electrons. The van der Waals surface area contributed by atoms with Gasteiger partial charge in [0.05, 0.1) is 6.10 Å². The molecule has 0 radical (unpaired) electrons. The molecule has 0 bridgehead atoms. The second kappa shape index (κ2) is 8.48. The van der Waals surface area contributed by atoms with E-state index in [4.69, 9.17) is 0 Å². The lowest BCUT2D eigenvalue weighted by atomic mass is 9.43. The van der Waals surface area contributed by atoms with E-state index in [1.54, 1.807) is 0 Å². The van der Waals surface area contributed by atoms with Crippen molar-refractivity contribution in [1.82, 2.24) is 0 Å². The molecule has 3 saturated carbocycles. The van der Waals surface area contributed by atoms with Gasteiger partial charge in [0.2, 0.25) is 0 Å². The first-order valence-electron chi connectivity index (χ1n) is 14.0. The molecule has 0 spiro atoms. The van der Waals surface area contributed by atoms with Crippen LogP contribution in [0.1, 0.15) is 126 Å². The van der Waals surface area contributed by atoms with Crippen LogP contribution in [0.15, 0.2) is 11.1 Å². The van der Waals surface area contributed by atoms with Crippen LogP contribution in [0.4, 0.5) is 0 Å². The Bertz CT molecular complexity index is 691. The Hall–Kier alpha value is -0.300. The number of aliphatic hydroxyl groups is 1. The third-order valence-corrected chi connectivity index (χ3v) is 11.7. The molecule has 0 saturated heterocycles.